The Bertz CT molecular complexity index is 334. The van der Waals surface area contributed by atoms with Crippen molar-refractivity contribution in [3.63, 3.8) is 0 Å². The van der Waals surface area contributed by atoms with E-state index >= 15 is 0 Å². The number of halogens is 3. The van der Waals surface area contributed by atoms with Crippen LogP contribution in [-0.2, 0) is 4.79 Å². The minimum absolute atomic E-state index is 0.0118. The van der Waals surface area contributed by atoms with Crippen LogP contribution in [0.25, 0.3) is 0 Å². The summed E-state index contributed by atoms with van der Waals surface area (Å²) in [6.45, 7) is 0.763. The van der Waals surface area contributed by atoms with Crippen molar-refractivity contribution in [3.05, 3.63) is 0 Å². The van der Waals surface area contributed by atoms with E-state index in [0.717, 1.165) is 0 Å². The van der Waals surface area contributed by atoms with Crippen LogP contribution in [-0.4, -0.2) is 47.8 Å². The van der Waals surface area contributed by atoms with Crippen LogP contribution < -0.4 is 5.32 Å². The smallest absolute Gasteiger partial charge is 0.389 e. The molecule has 19 heavy (non-hydrogen) atoms. The highest BCUT2D eigenvalue weighted by molar-refractivity contribution is 5.74. The molecule has 1 saturated heterocycles. The number of hydrogen-bond acceptors (Lipinski definition) is 2. The lowest BCUT2D eigenvalue weighted by Crippen LogP contribution is -2.39. The van der Waals surface area contributed by atoms with Crippen LogP contribution in [0.1, 0.15) is 25.7 Å². The van der Waals surface area contributed by atoms with Gasteiger partial charge in [0.25, 0.3) is 0 Å². The summed E-state index contributed by atoms with van der Waals surface area (Å²) in [7, 11) is 0. The molecule has 0 aromatic heterocycles. The monoisotopic (exact) mass is 282 g/mol. The highest BCUT2D eigenvalue weighted by Crippen LogP contribution is 2.21. The number of hydrogen-bond donors (Lipinski definition) is 2. The molecule has 1 rings (SSSR count). The number of carboxylic acids is 1. The topological polar surface area (TPSA) is 69.6 Å². The van der Waals surface area contributed by atoms with Gasteiger partial charge < -0.3 is 15.3 Å². The number of alkyl halides is 3. The average Bonchev–Trinajstić information content (AvgIpc) is 2.70. The molecule has 1 unspecified atom stereocenters. The van der Waals surface area contributed by atoms with Gasteiger partial charge in [0.1, 0.15) is 0 Å². The lowest BCUT2D eigenvalue weighted by molar-refractivity contribution is -0.138. The van der Waals surface area contributed by atoms with E-state index in [4.69, 9.17) is 5.11 Å². The van der Waals surface area contributed by atoms with Crippen molar-refractivity contribution in [2.24, 2.45) is 5.92 Å². The van der Waals surface area contributed by atoms with Gasteiger partial charge >= 0.3 is 18.2 Å². The van der Waals surface area contributed by atoms with E-state index in [1.165, 1.54) is 4.90 Å². The minimum Gasteiger partial charge on any atom is -0.481 e. The molecule has 0 aromatic rings. The predicted molar refractivity (Wildman–Crippen MR) is 60.6 cm³/mol. The van der Waals surface area contributed by atoms with Gasteiger partial charge in [-0.3, -0.25) is 4.79 Å². The standard InChI is InChI=1S/C11H17F3N2O3/c12-11(13,14)3-1-4-15-10(19)16-5-2-8(7-16)6-9(17)18/h8H,1-7H2,(H,15,19)(H,17,18). The molecule has 1 heterocycles. The van der Waals surface area contributed by atoms with Crippen molar-refractivity contribution >= 4 is 12.0 Å². The summed E-state index contributed by atoms with van der Waals surface area (Å²) >= 11 is 0. The third-order valence-corrected chi connectivity index (χ3v) is 2.95. The number of carbonyl (C=O) groups excluding carboxylic acids is 1. The summed E-state index contributed by atoms with van der Waals surface area (Å²) in [5.74, 6) is -0.976. The Morgan fingerprint density at radius 1 is 1.37 bits per heavy atom. The molecule has 1 fully saturated rings. The van der Waals surface area contributed by atoms with E-state index in [9.17, 15) is 22.8 Å². The number of amides is 2. The van der Waals surface area contributed by atoms with Gasteiger partial charge in [-0.2, -0.15) is 13.2 Å². The van der Waals surface area contributed by atoms with Crippen molar-refractivity contribution in [3.8, 4) is 0 Å². The Morgan fingerprint density at radius 2 is 2.05 bits per heavy atom. The molecule has 0 saturated carbocycles. The zero-order chi connectivity index (χ0) is 14.5. The Hall–Kier alpha value is -1.47. The highest BCUT2D eigenvalue weighted by atomic mass is 19.4. The van der Waals surface area contributed by atoms with Gasteiger partial charge in [0.15, 0.2) is 0 Å². The fraction of sp³-hybridized carbons (Fsp3) is 0.818. The molecule has 5 nitrogen and oxygen atoms in total. The summed E-state index contributed by atoms with van der Waals surface area (Å²) in [6, 6.07) is -0.421. The molecule has 2 amide bonds. The van der Waals surface area contributed by atoms with Gasteiger partial charge in [-0.1, -0.05) is 0 Å². The molecular formula is C11H17F3N2O3. The van der Waals surface area contributed by atoms with E-state index in [2.05, 4.69) is 5.32 Å². The molecule has 0 aromatic carbocycles. The molecule has 1 aliphatic rings. The second-order valence-electron chi connectivity index (χ2n) is 4.65. The number of nitrogens with one attached hydrogen (secondary N) is 1. The van der Waals surface area contributed by atoms with Gasteiger partial charge in [0, 0.05) is 32.5 Å². The fourth-order valence-electron chi connectivity index (χ4n) is 2.03. The second-order valence-corrected chi connectivity index (χ2v) is 4.65. The van der Waals surface area contributed by atoms with Gasteiger partial charge in [-0.15, -0.1) is 0 Å². The zero-order valence-corrected chi connectivity index (χ0v) is 10.4. The maximum absolute atomic E-state index is 11.9. The number of likely N-dealkylation sites (tertiary alicyclic amines) is 1. The predicted octanol–water partition coefficient (Wildman–Crippen LogP) is 1.84. The molecule has 0 radical (unpaired) electrons. The molecule has 1 atom stereocenters. The van der Waals surface area contributed by atoms with E-state index in [1.54, 1.807) is 0 Å². The summed E-state index contributed by atoms with van der Waals surface area (Å²) in [4.78, 5) is 23.5. The van der Waals surface area contributed by atoms with Crippen molar-refractivity contribution in [1.29, 1.82) is 0 Å². The van der Waals surface area contributed by atoms with Gasteiger partial charge in [-0.05, 0) is 18.8 Å². The lowest BCUT2D eigenvalue weighted by atomic mass is 10.1. The van der Waals surface area contributed by atoms with E-state index in [0.29, 0.717) is 19.5 Å². The largest absolute Gasteiger partial charge is 0.481 e. The van der Waals surface area contributed by atoms with Gasteiger partial charge in [-0.25, -0.2) is 4.79 Å². The van der Waals surface area contributed by atoms with Crippen LogP contribution in [0.4, 0.5) is 18.0 Å². The normalized spacial score (nSPS) is 19.5. The molecular weight excluding hydrogens is 265 g/mol. The molecule has 110 valence electrons. The second kappa shape index (κ2) is 6.63. The van der Waals surface area contributed by atoms with Crippen molar-refractivity contribution in [2.45, 2.75) is 31.9 Å². The Labute approximate surface area is 108 Å². The Balaban J connectivity index is 2.19. The number of nitrogens with zero attached hydrogens (tertiary/aromatic N) is 1. The molecule has 0 bridgehead atoms. The summed E-state index contributed by atoms with van der Waals surface area (Å²) < 4.78 is 35.6. The Kier molecular flexibility index (Phi) is 5.44. The SMILES string of the molecule is O=C(O)CC1CCN(C(=O)NCCCC(F)(F)F)C1. The number of carbonyl (C=O) groups is 2. The zero-order valence-electron chi connectivity index (χ0n) is 10.4. The van der Waals surface area contributed by atoms with Crippen LogP contribution >= 0.6 is 0 Å². The Morgan fingerprint density at radius 3 is 2.63 bits per heavy atom. The van der Waals surface area contributed by atoms with Gasteiger partial charge in [0.2, 0.25) is 0 Å². The van der Waals surface area contributed by atoms with E-state index in [-0.39, 0.29) is 25.3 Å². The number of carboxylic acid groups (broad SMARTS) is 1. The molecule has 2 N–H and O–H groups in total. The number of rotatable bonds is 5. The first-order valence-corrected chi connectivity index (χ1v) is 6.09. The summed E-state index contributed by atoms with van der Waals surface area (Å²) in [6.07, 6.45) is -4.65. The molecule has 8 heteroatoms. The summed E-state index contributed by atoms with van der Waals surface area (Å²) in [5, 5.41) is 11.0. The van der Waals surface area contributed by atoms with E-state index < -0.39 is 24.6 Å². The quantitative estimate of drug-likeness (QED) is 0.756. The molecule has 0 spiro atoms. The van der Waals surface area contributed by atoms with Crippen molar-refractivity contribution in [2.75, 3.05) is 19.6 Å². The van der Waals surface area contributed by atoms with Crippen LogP contribution in [0, 0.1) is 5.92 Å². The van der Waals surface area contributed by atoms with Crippen LogP contribution in [0.15, 0.2) is 0 Å². The van der Waals surface area contributed by atoms with Crippen LogP contribution in [0.3, 0.4) is 0 Å². The first-order valence-electron chi connectivity index (χ1n) is 6.09. The van der Waals surface area contributed by atoms with E-state index in [1.807, 2.05) is 0 Å². The minimum atomic E-state index is -4.20. The molecule has 1 aliphatic heterocycles. The third-order valence-electron chi connectivity index (χ3n) is 2.95. The first-order chi connectivity index (χ1) is 8.78. The summed E-state index contributed by atoms with van der Waals surface area (Å²) in [5.41, 5.74) is 0. The first kappa shape index (κ1) is 15.6. The maximum atomic E-state index is 11.9. The molecule has 0 aliphatic carbocycles. The van der Waals surface area contributed by atoms with Crippen molar-refractivity contribution in [1.82, 2.24) is 10.2 Å². The lowest BCUT2D eigenvalue weighted by Gasteiger charge is -2.17. The van der Waals surface area contributed by atoms with Crippen LogP contribution in [0.2, 0.25) is 0 Å². The fourth-order valence-corrected chi connectivity index (χ4v) is 2.03. The average molecular weight is 282 g/mol. The number of urea groups is 1. The number of aliphatic carboxylic acids is 1. The van der Waals surface area contributed by atoms with Gasteiger partial charge in [0.05, 0.1) is 0 Å². The van der Waals surface area contributed by atoms with Crippen molar-refractivity contribution < 1.29 is 27.9 Å². The maximum Gasteiger partial charge on any atom is 0.389 e. The highest BCUT2D eigenvalue weighted by Gasteiger charge is 2.28. The third kappa shape index (κ3) is 6.30. The van der Waals surface area contributed by atoms with Crippen LogP contribution in [0.5, 0.6) is 0 Å².